The van der Waals surface area contributed by atoms with Crippen LogP contribution in [0.3, 0.4) is 0 Å². The molecule has 0 saturated carbocycles. The Hall–Kier alpha value is -0.460. The van der Waals surface area contributed by atoms with Crippen LogP contribution in [0.25, 0.3) is 0 Å². The van der Waals surface area contributed by atoms with E-state index in [0.717, 1.165) is 10.7 Å². The number of aliphatic hydroxyl groups is 1. The van der Waals surface area contributed by atoms with Crippen LogP contribution in [0.2, 0.25) is 0 Å². The number of aryl methyl sites for hydroxylation is 1. The smallest absolute Gasteiger partial charge is 0.150 e. The van der Waals surface area contributed by atoms with Crippen molar-refractivity contribution < 1.29 is 13.5 Å². The van der Waals surface area contributed by atoms with Gasteiger partial charge in [-0.3, -0.25) is 0 Å². The fraction of sp³-hybridized carbons (Fsp3) is 0.727. The number of thiazole rings is 1. The molecule has 0 amide bonds. The van der Waals surface area contributed by atoms with E-state index in [2.05, 4.69) is 4.98 Å². The highest BCUT2D eigenvalue weighted by Gasteiger charge is 2.33. The highest BCUT2D eigenvalue weighted by Crippen LogP contribution is 2.29. The highest BCUT2D eigenvalue weighted by atomic mass is 32.2. The van der Waals surface area contributed by atoms with E-state index in [9.17, 15) is 13.5 Å². The average Bonchev–Trinajstić information content (AvgIpc) is 2.81. The summed E-state index contributed by atoms with van der Waals surface area (Å²) in [5, 5.41) is 12.4. The first-order valence-corrected chi connectivity index (χ1v) is 8.42. The van der Waals surface area contributed by atoms with Crippen LogP contribution in [0, 0.1) is 18.8 Å². The van der Waals surface area contributed by atoms with Gasteiger partial charge in [-0.15, -0.1) is 11.3 Å². The third-order valence-corrected chi connectivity index (χ3v) is 6.05. The van der Waals surface area contributed by atoms with E-state index in [4.69, 9.17) is 0 Å². The number of rotatable bonds is 4. The lowest BCUT2D eigenvalue weighted by atomic mass is 9.90. The molecule has 1 saturated heterocycles. The molecule has 1 aromatic heterocycles. The molecule has 0 spiro atoms. The molecule has 1 fully saturated rings. The molecule has 1 aliphatic heterocycles. The third kappa shape index (κ3) is 3.26. The van der Waals surface area contributed by atoms with Gasteiger partial charge < -0.3 is 5.11 Å². The van der Waals surface area contributed by atoms with E-state index in [1.807, 2.05) is 12.3 Å². The zero-order valence-electron chi connectivity index (χ0n) is 9.80. The lowest BCUT2D eigenvalue weighted by Gasteiger charge is -2.18. The van der Waals surface area contributed by atoms with Gasteiger partial charge in [-0.05, 0) is 25.2 Å². The van der Waals surface area contributed by atoms with Crippen molar-refractivity contribution in [1.29, 1.82) is 0 Å². The predicted molar refractivity (Wildman–Crippen MR) is 67.9 cm³/mol. The third-order valence-electron chi connectivity index (χ3n) is 3.27. The van der Waals surface area contributed by atoms with Crippen molar-refractivity contribution in [2.24, 2.45) is 11.8 Å². The molecule has 1 aromatic rings. The van der Waals surface area contributed by atoms with Gasteiger partial charge in [0.2, 0.25) is 0 Å². The van der Waals surface area contributed by atoms with Crippen LogP contribution < -0.4 is 0 Å². The number of sulfone groups is 1. The van der Waals surface area contributed by atoms with Crippen LogP contribution in [0.1, 0.15) is 17.1 Å². The normalized spacial score (nSPS) is 24.9. The molecular formula is C11H17NO3S2. The Morgan fingerprint density at radius 2 is 2.41 bits per heavy atom. The van der Waals surface area contributed by atoms with Gasteiger partial charge in [0.1, 0.15) is 0 Å². The summed E-state index contributed by atoms with van der Waals surface area (Å²) in [7, 11) is -2.87. The first-order chi connectivity index (χ1) is 8.00. The minimum atomic E-state index is -2.87. The Morgan fingerprint density at radius 1 is 1.65 bits per heavy atom. The molecule has 2 rings (SSSR count). The Balaban J connectivity index is 2.02. The van der Waals surface area contributed by atoms with Crippen LogP contribution in [0.4, 0.5) is 0 Å². The number of hydrogen-bond acceptors (Lipinski definition) is 5. The zero-order valence-corrected chi connectivity index (χ0v) is 11.4. The SMILES string of the molecule is Cc1csc(CC(CO)C2CCS(=O)(=O)C2)n1. The van der Waals surface area contributed by atoms with Gasteiger partial charge in [-0.2, -0.15) is 0 Å². The summed E-state index contributed by atoms with van der Waals surface area (Å²) in [6, 6.07) is 0. The second-order valence-corrected chi connectivity index (χ2v) is 7.86. The molecule has 2 unspecified atom stereocenters. The second kappa shape index (κ2) is 5.04. The average molecular weight is 275 g/mol. The Bertz CT molecular complexity index is 481. The molecular weight excluding hydrogens is 258 g/mol. The molecule has 1 aliphatic rings. The summed E-state index contributed by atoms with van der Waals surface area (Å²) >= 11 is 1.58. The summed E-state index contributed by atoms with van der Waals surface area (Å²) in [4.78, 5) is 4.36. The molecule has 96 valence electrons. The quantitative estimate of drug-likeness (QED) is 0.891. The Labute approximate surface area is 106 Å². The van der Waals surface area contributed by atoms with Crippen LogP contribution in [-0.2, 0) is 16.3 Å². The summed E-state index contributed by atoms with van der Waals surface area (Å²) in [5.41, 5.74) is 0.987. The zero-order chi connectivity index (χ0) is 12.5. The molecule has 0 radical (unpaired) electrons. The first kappa shape index (κ1) is 13.0. The van der Waals surface area contributed by atoms with Crippen LogP contribution in [0.15, 0.2) is 5.38 Å². The maximum atomic E-state index is 11.4. The number of aliphatic hydroxyl groups excluding tert-OH is 1. The number of nitrogens with zero attached hydrogens (tertiary/aromatic N) is 1. The van der Waals surface area contributed by atoms with Crippen molar-refractivity contribution in [3.05, 3.63) is 16.1 Å². The minimum absolute atomic E-state index is 0.0258. The molecule has 0 aromatic carbocycles. The number of aromatic nitrogens is 1. The van der Waals surface area contributed by atoms with E-state index in [1.165, 1.54) is 0 Å². The van der Waals surface area contributed by atoms with Gasteiger partial charge in [0, 0.05) is 24.1 Å². The lowest BCUT2D eigenvalue weighted by Crippen LogP contribution is -2.22. The van der Waals surface area contributed by atoms with Crippen molar-refractivity contribution in [2.45, 2.75) is 19.8 Å². The fourth-order valence-electron chi connectivity index (χ4n) is 2.30. The largest absolute Gasteiger partial charge is 0.396 e. The summed E-state index contributed by atoms with van der Waals surface area (Å²) < 4.78 is 22.8. The van der Waals surface area contributed by atoms with Crippen molar-refractivity contribution >= 4 is 21.2 Å². The van der Waals surface area contributed by atoms with E-state index in [0.29, 0.717) is 12.8 Å². The van der Waals surface area contributed by atoms with Gasteiger partial charge in [-0.25, -0.2) is 13.4 Å². The molecule has 0 bridgehead atoms. The van der Waals surface area contributed by atoms with Crippen molar-refractivity contribution in [2.75, 3.05) is 18.1 Å². The van der Waals surface area contributed by atoms with Gasteiger partial charge >= 0.3 is 0 Å². The monoisotopic (exact) mass is 275 g/mol. The molecule has 2 atom stereocenters. The second-order valence-electron chi connectivity index (χ2n) is 4.69. The van der Waals surface area contributed by atoms with E-state index in [-0.39, 0.29) is 29.9 Å². The Kier molecular flexibility index (Phi) is 3.85. The molecule has 17 heavy (non-hydrogen) atoms. The maximum absolute atomic E-state index is 11.4. The van der Waals surface area contributed by atoms with Crippen molar-refractivity contribution in [1.82, 2.24) is 4.98 Å². The van der Waals surface area contributed by atoms with Crippen molar-refractivity contribution in [3.8, 4) is 0 Å². The Morgan fingerprint density at radius 3 is 2.88 bits per heavy atom. The maximum Gasteiger partial charge on any atom is 0.150 e. The summed E-state index contributed by atoms with van der Waals surface area (Å²) in [6.07, 6.45) is 1.37. The van der Waals surface area contributed by atoms with E-state index < -0.39 is 9.84 Å². The topological polar surface area (TPSA) is 67.3 Å². The van der Waals surface area contributed by atoms with Crippen LogP contribution >= 0.6 is 11.3 Å². The van der Waals surface area contributed by atoms with Gasteiger partial charge in [0.15, 0.2) is 9.84 Å². The molecule has 2 heterocycles. The van der Waals surface area contributed by atoms with Gasteiger partial charge in [-0.1, -0.05) is 0 Å². The summed E-state index contributed by atoms with van der Waals surface area (Å²) in [5.74, 6) is 0.611. The van der Waals surface area contributed by atoms with Crippen molar-refractivity contribution in [3.63, 3.8) is 0 Å². The number of hydrogen-bond donors (Lipinski definition) is 1. The standard InChI is InChI=1S/C11H17NO3S2/c1-8-6-16-11(12-8)4-10(5-13)9-2-3-17(14,15)7-9/h6,9-10,13H,2-5,7H2,1H3. The molecule has 6 heteroatoms. The molecule has 4 nitrogen and oxygen atoms in total. The lowest BCUT2D eigenvalue weighted by molar-refractivity contribution is 0.184. The van der Waals surface area contributed by atoms with E-state index in [1.54, 1.807) is 11.3 Å². The van der Waals surface area contributed by atoms with Gasteiger partial charge in [0.05, 0.1) is 16.5 Å². The van der Waals surface area contributed by atoms with E-state index >= 15 is 0 Å². The van der Waals surface area contributed by atoms with Crippen LogP contribution in [-0.4, -0.2) is 36.6 Å². The predicted octanol–water partition coefficient (Wildman–Crippen LogP) is 1.04. The molecule has 0 aliphatic carbocycles. The van der Waals surface area contributed by atoms with Crippen LogP contribution in [0.5, 0.6) is 0 Å². The summed E-state index contributed by atoms with van der Waals surface area (Å²) in [6.45, 7) is 1.98. The molecule has 1 N–H and O–H groups in total. The fourth-order valence-corrected chi connectivity index (χ4v) is 5.08. The highest BCUT2D eigenvalue weighted by molar-refractivity contribution is 7.91. The first-order valence-electron chi connectivity index (χ1n) is 5.72. The van der Waals surface area contributed by atoms with Gasteiger partial charge in [0.25, 0.3) is 0 Å². The minimum Gasteiger partial charge on any atom is -0.396 e.